The van der Waals surface area contributed by atoms with Gasteiger partial charge in [-0.1, -0.05) is 30.3 Å². The van der Waals surface area contributed by atoms with E-state index < -0.39 is 11.5 Å². The van der Waals surface area contributed by atoms with E-state index in [4.69, 9.17) is 4.74 Å². The number of ether oxygens (including phenoxy) is 1. The molecule has 5 heteroatoms. The summed E-state index contributed by atoms with van der Waals surface area (Å²) in [6.45, 7) is 7.01. The maximum Gasteiger partial charge on any atom is 0.341 e. The third kappa shape index (κ3) is 3.98. The Balaban J connectivity index is 1.94. The van der Waals surface area contributed by atoms with Crippen LogP contribution >= 0.6 is 0 Å². The Kier molecular flexibility index (Phi) is 5.24. The summed E-state index contributed by atoms with van der Waals surface area (Å²) in [7, 11) is 0. The van der Waals surface area contributed by atoms with Crippen molar-refractivity contribution in [1.82, 2.24) is 4.57 Å². The van der Waals surface area contributed by atoms with Gasteiger partial charge in [0.15, 0.2) is 0 Å². The number of hydrogen-bond acceptors (Lipinski definition) is 3. The largest absolute Gasteiger partial charge is 0.477 e. The second kappa shape index (κ2) is 7.31. The molecule has 0 radical (unpaired) electrons. The van der Waals surface area contributed by atoms with Crippen LogP contribution in [0.5, 0.6) is 0 Å². The van der Waals surface area contributed by atoms with E-state index in [1.54, 1.807) is 19.2 Å². The molecule has 1 aromatic carbocycles. The Bertz CT molecular complexity index is 885. The summed E-state index contributed by atoms with van der Waals surface area (Å²) in [5, 5.41) is 9.36. The number of carbonyl (C=O) groups is 1. The average Bonchev–Trinajstić information content (AvgIpc) is 2.61. The molecule has 1 N–H and O–H groups in total. The minimum Gasteiger partial charge on any atom is -0.477 e. The first-order chi connectivity index (χ1) is 12.7. The molecule has 1 saturated heterocycles. The van der Waals surface area contributed by atoms with Crippen LogP contribution in [-0.4, -0.2) is 27.9 Å². The number of aromatic carboxylic acids is 1. The van der Waals surface area contributed by atoms with Crippen LogP contribution in [0.3, 0.4) is 0 Å². The quantitative estimate of drug-likeness (QED) is 0.871. The van der Waals surface area contributed by atoms with E-state index in [1.807, 2.05) is 18.2 Å². The monoisotopic (exact) mass is 369 g/mol. The van der Waals surface area contributed by atoms with Crippen LogP contribution in [0.4, 0.5) is 0 Å². The van der Waals surface area contributed by atoms with Gasteiger partial charge < -0.3 is 14.4 Å². The molecule has 1 atom stereocenters. The van der Waals surface area contributed by atoms with Gasteiger partial charge in [0.25, 0.3) is 5.56 Å². The lowest BCUT2D eigenvalue weighted by Gasteiger charge is -2.45. The van der Waals surface area contributed by atoms with Crippen molar-refractivity contribution >= 4 is 5.97 Å². The Hall–Kier alpha value is -2.40. The van der Waals surface area contributed by atoms with Gasteiger partial charge in [-0.05, 0) is 57.2 Å². The molecule has 0 saturated carbocycles. The molecule has 1 aliphatic rings. The minimum atomic E-state index is -1.17. The van der Waals surface area contributed by atoms with E-state index in [0.717, 1.165) is 19.3 Å². The molecule has 0 bridgehead atoms. The number of aromatic nitrogens is 1. The van der Waals surface area contributed by atoms with Crippen molar-refractivity contribution < 1.29 is 14.6 Å². The lowest BCUT2D eigenvalue weighted by Crippen LogP contribution is -2.45. The summed E-state index contributed by atoms with van der Waals surface area (Å²) >= 11 is 0. The Morgan fingerprint density at radius 1 is 1.22 bits per heavy atom. The van der Waals surface area contributed by atoms with Crippen molar-refractivity contribution in [3.8, 4) is 0 Å². The van der Waals surface area contributed by atoms with Gasteiger partial charge in [-0.3, -0.25) is 4.79 Å². The Labute approximate surface area is 159 Å². The molecule has 3 rings (SSSR count). The summed E-state index contributed by atoms with van der Waals surface area (Å²) in [6, 6.07) is 12.1. The molecule has 5 nitrogen and oxygen atoms in total. The molecule has 1 fully saturated rings. The van der Waals surface area contributed by atoms with Gasteiger partial charge in [0.2, 0.25) is 0 Å². The second-order valence-corrected chi connectivity index (χ2v) is 8.11. The van der Waals surface area contributed by atoms with E-state index in [-0.39, 0.29) is 16.6 Å². The fourth-order valence-electron chi connectivity index (χ4n) is 4.31. The van der Waals surface area contributed by atoms with E-state index in [1.165, 1.54) is 10.1 Å². The molecule has 0 amide bonds. The van der Waals surface area contributed by atoms with Crippen LogP contribution in [0.2, 0.25) is 0 Å². The van der Waals surface area contributed by atoms with Crippen LogP contribution in [0.15, 0.2) is 47.4 Å². The van der Waals surface area contributed by atoms with Gasteiger partial charge >= 0.3 is 5.97 Å². The lowest BCUT2D eigenvalue weighted by molar-refractivity contribution is -0.0848. The molecule has 2 heterocycles. The summed E-state index contributed by atoms with van der Waals surface area (Å²) in [4.78, 5) is 24.1. The number of aryl methyl sites for hydroxylation is 2. The van der Waals surface area contributed by atoms with Gasteiger partial charge in [0, 0.05) is 24.8 Å². The molecular formula is C22H27NO4. The first kappa shape index (κ1) is 19.4. The van der Waals surface area contributed by atoms with E-state index in [2.05, 4.69) is 26.0 Å². The molecular weight excluding hydrogens is 342 g/mol. The lowest BCUT2D eigenvalue weighted by atomic mass is 9.67. The summed E-state index contributed by atoms with van der Waals surface area (Å²) in [6.07, 6.45) is 4.20. The fourth-order valence-corrected chi connectivity index (χ4v) is 4.31. The highest BCUT2D eigenvalue weighted by Crippen LogP contribution is 2.44. The number of carboxylic acids is 1. The third-order valence-electron chi connectivity index (χ3n) is 5.64. The van der Waals surface area contributed by atoms with Gasteiger partial charge in [0.1, 0.15) is 5.56 Å². The van der Waals surface area contributed by atoms with Crippen LogP contribution in [-0.2, 0) is 16.7 Å². The minimum absolute atomic E-state index is 0.100. The molecule has 1 unspecified atom stereocenters. The van der Waals surface area contributed by atoms with Crippen molar-refractivity contribution in [3.63, 3.8) is 0 Å². The van der Waals surface area contributed by atoms with Gasteiger partial charge in [-0.25, -0.2) is 4.79 Å². The fraction of sp³-hybridized carbons (Fsp3) is 0.455. The second-order valence-electron chi connectivity index (χ2n) is 8.11. The smallest absolute Gasteiger partial charge is 0.341 e. The van der Waals surface area contributed by atoms with Crippen molar-refractivity contribution in [1.29, 1.82) is 0 Å². The predicted molar refractivity (Wildman–Crippen MR) is 104 cm³/mol. The maximum atomic E-state index is 12.6. The van der Waals surface area contributed by atoms with Gasteiger partial charge in [-0.2, -0.15) is 0 Å². The van der Waals surface area contributed by atoms with Crippen molar-refractivity contribution in [2.75, 3.05) is 6.61 Å². The number of benzene rings is 1. The first-order valence-electron chi connectivity index (χ1n) is 9.37. The normalized spacial score (nSPS) is 21.7. The molecule has 27 heavy (non-hydrogen) atoms. The number of carboxylic acid groups (broad SMARTS) is 1. The van der Waals surface area contributed by atoms with Crippen molar-refractivity contribution in [2.45, 2.75) is 57.6 Å². The number of hydrogen-bond donors (Lipinski definition) is 1. The van der Waals surface area contributed by atoms with E-state index in [0.29, 0.717) is 18.7 Å². The number of nitrogens with zero attached hydrogens (tertiary/aromatic N) is 1. The average molecular weight is 369 g/mol. The molecule has 0 aliphatic carbocycles. The molecule has 1 aliphatic heterocycles. The summed E-state index contributed by atoms with van der Waals surface area (Å²) in [5.74, 6) is -1.17. The topological polar surface area (TPSA) is 68.5 Å². The van der Waals surface area contributed by atoms with Gasteiger partial charge in [-0.15, -0.1) is 0 Å². The first-order valence-corrected chi connectivity index (χ1v) is 9.37. The number of rotatable bonds is 5. The molecule has 2 aromatic rings. The van der Waals surface area contributed by atoms with Crippen LogP contribution in [0.25, 0.3) is 0 Å². The predicted octanol–water partition coefficient (Wildman–Crippen LogP) is 3.77. The zero-order chi connectivity index (χ0) is 19.7. The third-order valence-corrected chi connectivity index (χ3v) is 5.64. The molecule has 144 valence electrons. The van der Waals surface area contributed by atoms with Crippen LogP contribution in [0, 0.1) is 6.92 Å². The van der Waals surface area contributed by atoms with Crippen LogP contribution in [0.1, 0.15) is 54.6 Å². The standard InChI is InChI=1S/C22H27NO4/c1-16-9-12-23(19(24)18(16)20(25)26)13-10-22(17-7-5-4-6-8-17)11-14-27-21(2,3)15-22/h4-9,12H,10-11,13-15H2,1-3H3,(H,25,26). The highest BCUT2D eigenvalue weighted by molar-refractivity contribution is 5.88. The van der Waals surface area contributed by atoms with Gasteiger partial charge in [0.05, 0.1) is 5.60 Å². The van der Waals surface area contributed by atoms with Crippen molar-refractivity contribution in [2.24, 2.45) is 0 Å². The SMILES string of the molecule is Cc1ccn(CCC2(c3ccccc3)CCOC(C)(C)C2)c(=O)c1C(=O)O. The molecule has 1 aromatic heterocycles. The highest BCUT2D eigenvalue weighted by Gasteiger charge is 2.41. The summed E-state index contributed by atoms with van der Waals surface area (Å²) in [5.41, 5.74) is 0.833. The van der Waals surface area contributed by atoms with Crippen LogP contribution < -0.4 is 5.56 Å². The zero-order valence-corrected chi connectivity index (χ0v) is 16.2. The van der Waals surface area contributed by atoms with E-state index >= 15 is 0 Å². The Morgan fingerprint density at radius 2 is 1.93 bits per heavy atom. The molecule has 0 spiro atoms. The number of pyridine rings is 1. The van der Waals surface area contributed by atoms with Crippen molar-refractivity contribution in [3.05, 3.63) is 69.6 Å². The highest BCUT2D eigenvalue weighted by atomic mass is 16.5. The maximum absolute atomic E-state index is 12.6. The zero-order valence-electron chi connectivity index (χ0n) is 16.2. The summed E-state index contributed by atoms with van der Waals surface area (Å²) < 4.78 is 7.47. The van der Waals surface area contributed by atoms with E-state index in [9.17, 15) is 14.7 Å². The Morgan fingerprint density at radius 3 is 2.56 bits per heavy atom.